The molecular formula is C14H18FNO. The first kappa shape index (κ1) is 11.2. The molecule has 3 rings (SSSR count). The Morgan fingerprint density at radius 3 is 3.06 bits per heavy atom. The summed E-state index contributed by atoms with van der Waals surface area (Å²) in [6, 6.07) is 5.04. The van der Waals surface area contributed by atoms with Gasteiger partial charge in [-0.05, 0) is 32.4 Å². The first-order valence-corrected chi connectivity index (χ1v) is 6.31. The maximum absolute atomic E-state index is 13.9. The fourth-order valence-corrected chi connectivity index (χ4v) is 3.28. The maximum Gasteiger partial charge on any atom is 0.129 e. The maximum atomic E-state index is 13.9. The second kappa shape index (κ2) is 3.79. The van der Waals surface area contributed by atoms with Gasteiger partial charge in [0.05, 0.1) is 5.60 Å². The molecule has 2 aliphatic heterocycles. The van der Waals surface area contributed by atoms with Crippen LogP contribution in [0, 0.1) is 18.7 Å². The smallest absolute Gasteiger partial charge is 0.129 e. The molecule has 0 spiro atoms. The van der Waals surface area contributed by atoms with Gasteiger partial charge in [-0.1, -0.05) is 17.7 Å². The van der Waals surface area contributed by atoms with Crippen LogP contribution in [-0.4, -0.2) is 29.6 Å². The minimum atomic E-state index is -0.955. The molecule has 2 aliphatic rings. The van der Waals surface area contributed by atoms with Crippen molar-refractivity contribution in [2.75, 3.05) is 19.6 Å². The lowest BCUT2D eigenvalue weighted by atomic mass is 9.76. The molecule has 0 aliphatic carbocycles. The Kier molecular flexibility index (Phi) is 2.49. The van der Waals surface area contributed by atoms with Crippen molar-refractivity contribution < 1.29 is 9.50 Å². The van der Waals surface area contributed by atoms with Crippen LogP contribution in [0.1, 0.15) is 24.0 Å². The zero-order valence-corrected chi connectivity index (χ0v) is 10.1. The Morgan fingerprint density at radius 1 is 1.41 bits per heavy atom. The van der Waals surface area contributed by atoms with E-state index in [-0.39, 0.29) is 11.7 Å². The molecule has 92 valence electrons. The van der Waals surface area contributed by atoms with Crippen LogP contribution in [-0.2, 0) is 5.60 Å². The predicted molar refractivity (Wildman–Crippen MR) is 64.2 cm³/mol. The minimum absolute atomic E-state index is 0.188. The summed E-state index contributed by atoms with van der Waals surface area (Å²) in [6.07, 6.45) is 1.63. The van der Waals surface area contributed by atoms with E-state index >= 15 is 0 Å². The summed E-state index contributed by atoms with van der Waals surface area (Å²) in [5, 5.41) is 10.9. The summed E-state index contributed by atoms with van der Waals surface area (Å²) in [5.41, 5.74) is 0.558. The lowest BCUT2D eigenvalue weighted by Crippen LogP contribution is -2.44. The van der Waals surface area contributed by atoms with Gasteiger partial charge in [0.2, 0.25) is 0 Å². The van der Waals surface area contributed by atoms with E-state index in [2.05, 4.69) is 4.90 Å². The summed E-state index contributed by atoms with van der Waals surface area (Å²) >= 11 is 0. The topological polar surface area (TPSA) is 23.5 Å². The second-order valence-electron chi connectivity index (χ2n) is 5.44. The first-order chi connectivity index (χ1) is 8.09. The lowest BCUT2D eigenvalue weighted by molar-refractivity contribution is -0.0528. The number of fused-ring (bicyclic) bond motifs is 2. The number of hydrogen-bond donors (Lipinski definition) is 1. The zero-order valence-electron chi connectivity index (χ0n) is 10.1. The van der Waals surface area contributed by atoms with Crippen LogP contribution in [0.15, 0.2) is 18.2 Å². The number of nitrogens with zero attached hydrogens (tertiary/aromatic N) is 1. The van der Waals surface area contributed by atoms with Gasteiger partial charge in [-0.2, -0.15) is 0 Å². The fraction of sp³-hybridized carbons (Fsp3) is 0.571. The molecule has 3 heteroatoms. The van der Waals surface area contributed by atoms with Crippen LogP contribution >= 0.6 is 0 Å². The van der Waals surface area contributed by atoms with Crippen LogP contribution in [0.25, 0.3) is 0 Å². The van der Waals surface area contributed by atoms with Gasteiger partial charge in [0.15, 0.2) is 0 Å². The van der Waals surface area contributed by atoms with Crippen molar-refractivity contribution in [2.24, 2.45) is 5.92 Å². The predicted octanol–water partition coefficient (Wildman–Crippen LogP) is 2.05. The Morgan fingerprint density at radius 2 is 2.24 bits per heavy atom. The number of aryl methyl sites for hydroxylation is 1. The molecular weight excluding hydrogens is 217 g/mol. The highest BCUT2D eigenvalue weighted by Gasteiger charge is 2.47. The van der Waals surface area contributed by atoms with Gasteiger partial charge in [0.25, 0.3) is 0 Å². The summed E-state index contributed by atoms with van der Waals surface area (Å²) in [6.45, 7) is 4.76. The highest BCUT2D eigenvalue weighted by molar-refractivity contribution is 5.31. The molecule has 17 heavy (non-hydrogen) atoms. The van der Waals surface area contributed by atoms with Gasteiger partial charge < -0.3 is 10.0 Å². The van der Waals surface area contributed by atoms with Crippen molar-refractivity contribution in [1.29, 1.82) is 0 Å². The van der Waals surface area contributed by atoms with E-state index in [1.807, 2.05) is 13.0 Å². The average Bonchev–Trinajstić information content (AvgIpc) is 2.73. The fourth-order valence-electron chi connectivity index (χ4n) is 3.28. The number of halogens is 1. The van der Waals surface area contributed by atoms with E-state index in [1.54, 1.807) is 6.07 Å². The van der Waals surface area contributed by atoms with Crippen molar-refractivity contribution in [3.05, 3.63) is 35.1 Å². The third-order valence-electron chi connectivity index (χ3n) is 4.35. The Bertz CT molecular complexity index is 448. The van der Waals surface area contributed by atoms with E-state index < -0.39 is 5.60 Å². The number of benzene rings is 1. The van der Waals surface area contributed by atoms with Crippen molar-refractivity contribution in [1.82, 2.24) is 4.90 Å². The molecule has 2 bridgehead atoms. The van der Waals surface area contributed by atoms with Crippen molar-refractivity contribution >= 4 is 0 Å². The summed E-state index contributed by atoms with van der Waals surface area (Å²) in [4.78, 5) is 2.35. The SMILES string of the molecule is Cc1ccc(F)c(C2(O)CCN3CCC2C3)c1. The summed E-state index contributed by atoms with van der Waals surface area (Å²) in [5.74, 6) is -0.0778. The van der Waals surface area contributed by atoms with Crippen LogP contribution in [0.5, 0.6) is 0 Å². The molecule has 1 aromatic carbocycles. The van der Waals surface area contributed by atoms with E-state index in [1.165, 1.54) is 6.07 Å². The van der Waals surface area contributed by atoms with Crippen molar-refractivity contribution in [3.8, 4) is 0 Å². The lowest BCUT2D eigenvalue weighted by Gasteiger charge is -2.39. The standard InChI is InChI=1S/C14H18FNO/c1-10-2-3-13(15)12(8-10)14(17)5-7-16-6-4-11(14)9-16/h2-3,8,11,17H,4-7,9H2,1H3. The largest absolute Gasteiger partial charge is 0.385 e. The van der Waals surface area contributed by atoms with Gasteiger partial charge in [0.1, 0.15) is 5.82 Å². The Balaban J connectivity index is 2.04. The highest BCUT2D eigenvalue weighted by atomic mass is 19.1. The van der Waals surface area contributed by atoms with E-state index in [4.69, 9.17) is 0 Å². The molecule has 3 atom stereocenters. The second-order valence-corrected chi connectivity index (χ2v) is 5.44. The molecule has 2 fully saturated rings. The average molecular weight is 235 g/mol. The van der Waals surface area contributed by atoms with Gasteiger partial charge in [-0.15, -0.1) is 0 Å². The molecule has 1 N–H and O–H groups in total. The van der Waals surface area contributed by atoms with Gasteiger partial charge >= 0.3 is 0 Å². The van der Waals surface area contributed by atoms with Crippen LogP contribution in [0.4, 0.5) is 4.39 Å². The number of hydrogen-bond acceptors (Lipinski definition) is 2. The molecule has 0 amide bonds. The highest BCUT2D eigenvalue weighted by Crippen LogP contribution is 2.43. The molecule has 1 aromatic rings. The summed E-state index contributed by atoms with van der Waals surface area (Å²) in [7, 11) is 0. The van der Waals surface area contributed by atoms with E-state index in [0.717, 1.165) is 31.6 Å². The zero-order chi connectivity index (χ0) is 12.0. The molecule has 3 unspecified atom stereocenters. The molecule has 2 heterocycles. The van der Waals surface area contributed by atoms with Gasteiger partial charge in [-0.3, -0.25) is 0 Å². The van der Waals surface area contributed by atoms with Crippen LogP contribution in [0.3, 0.4) is 0 Å². The van der Waals surface area contributed by atoms with Crippen LogP contribution < -0.4 is 0 Å². The Labute approximate surface area is 101 Å². The summed E-state index contributed by atoms with van der Waals surface area (Å²) < 4.78 is 13.9. The van der Waals surface area contributed by atoms with Crippen molar-refractivity contribution in [3.63, 3.8) is 0 Å². The monoisotopic (exact) mass is 235 g/mol. The van der Waals surface area contributed by atoms with Crippen LogP contribution in [0.2, 0.25) is 0 Å². The Hall–Kier alpha value is -0.930. The quantitative estimate of drug-likeness (QED) is 0.805. The van der Waals surface area contributed by atoms with E-state index in [0.29, 0.717) is 12.0 Å². The van der Waals surface area contributed by atoms with Gasteiger partial charge in [0, 0.05) is 24.6 Å². The molecule has 2 saturated heterocycles. The normalized spacial score (nSPS) is 36.2. The first-order valence-electron chi connectivity index (χ1n) is 6.31. The molecule has 0 aromatic heterocycles. The van der Waals surface area contributed by atoms with Crippen molar-refractivity contribution in [2.45, 2.75) is 25.4 Å². The van der Waals surface area contributed by atoms with E-state index in [9.17, 15) is 9.50 Å². The number of piperidine rings is 1. The molecule has 2 nitrogen and oxygen atoms in total. The number of aliphatic hydroxyl groups is 1. The third-order valence-corrected chi connectivity index (χ3v) is 4.35. The molecule has 0 saturated carbocycles. The third kappa shape index (κ3) is 1.69. The molecule has 0 radical (unpaired) electrons. The number of rotatable bonds is 1. The van der Waals surface area contributed by atoms with Gasteiger partial charge in [-0.25, -0.2) is 4.39 Å². The minimum Gasteiger partial charge on any atom is -0.385 e.